The molecule has 0 saturated heterocycles. The molecule has 0 fully saturated rings. The van der Waals surface area contributed by atoms with Crippen LogP contribution in [0.2, 0.25) is 0 Å². The molecule has 0 aliphatic rings. The number of carbonyl (C=O) groups excluding carboxylic acids is 1. The molecule has 0 amide bonds. The molecule has 1 heterocycles. The van der Waals surface area contributed by atoms with Crippen molar-refractivity contribution in [2.75, 3.05) is 14.2 Å². The zero-order chi connectivity index (χ0) is 15.5. The molecule has 0 bridgehead atoms. The van der Waals surface area contributed by atoms with Gasteiger partial charge in [-0.15, -0.1) is 13.2 Å². The van der Waals surface area contributed by atoms with Gasteiger partial charge in [0.25, 0.3) is 12.3 Å². The number of ether oxygens (including phenoxy) is 3. The van der Waals surface area contributed by atoms with Gasteiger partial charge in [-0.1, -0.05) is 0 Å². The lowest BCUT2D eigenvalue weighted by atomic mass is 10.2. The maximum atomic E-state index is 12.7. The van der Waals surface area contributed by atoms with Crippen molar-refractivity contribution in [2.45, 2.75) is 12.8 Å². The molecule has 1 aromatic rings. The molecule has 0 spiro atoms. The lowest BCUT2D eigenvalue weighted by molar-refractivity contribution is -0.275. The van der Waals surface area contributed by atoms with Crippen LogP contribution in [0, 0.1) is 0 Å². The molecule has 1 aromatic heterocycles. The van der Waals surface area contributed by atoms with Crippen LogP contribution in [0.4, 0.5) is 22.0 Å². The van der Waals surface area contributed by atoms with E-state index >= 15 is 0 Å². The fourth-order valence-corrected chi connectivity index (χ4v) is 1.26. The van der Waals surface area contributed by atoms with E-state index in [0.717, 1.165) is 14.2 Å². The second-order valence-corrected chi connectivity index (χ2v) is 3.27. The summed E-state index contributed by atoms with van der Waals surface area (Å²) in [5.41, 5.74) is -1.91. The van der Waals surface area contributed by atoms with E-state index in [4.69, 9.17) is 0 Å². The first-order chi connectivity index (χ1) is 9.19. The highest BCUT2D eigenvalue weighted by Crippen LogP contribution is 2.35. The number of methoxy groups -OCH3 is 2. The quantitative estimate of drug-likeness (QED) is 0.632. The Balaban J connectivity index is 3.41. The van der Waals surface area contributed by atoms with Gasteiger partial charge in [0.2, 0.25) is 0 Å². The summed E-state index contributed by atoms with van der Waals surface area (Å²) in [6.45, 7) is 0. The first-order valence-electron chi connectivity index (χ1n) is 4.90. The number of aromatic nitrogens is 1. The highest BCUT2D eigenvalue weighted by molar-refractivity contribution is 5.89. The molecule has 20 heavy (non-hydrogen) atoms. The highest BCUT2D eigenvalue weighted by atomic mass is 19.4. The first-order valence-corrected chi connectivity index (χ1v) is 4.90. The molecule has 0 unspecified atom stereocenters. The third-order valence-corrected chi connectivity index (χ3v) is 2.02. The van der Waals surface area contributed by atoms with E-state index in [2.05, 4.69) is 19.2 Å². The molecule has 0 radical (unpaired) electrons. The zero-order valence-corrected chi connectivity index (χ0v) is 10.1. The summed E-state index contributed by atoms with van der Waals surface area (Å²) in [6.07, 6.45) is -8.38. The maximum absolute atomic E-state index is 12.7. The third kappa shape index (κ3) is 3.68. The lowest BCUT2D eigenvalue weighted by Gasteiger charge is -2.14. The Morgan fingerprint density at radius 1 is 1.30 bits per heavy atom. The second-order valence-electron chi connectivity index (χ2n) is 3.27. The van der Waals surface area contributed by atoms with Crippen LogP contribution in [0.5, 0.6) is 11.6 Å². The summed E-state index contributed by atoms with van der Waals surface area (Å²) in [4.78, 5) is 14.5. The number of halogens is 5. The van der Waals surface area contributed by atoms with E-state index in [1.165, 1.54) is 0 Å². The van der Waals surface area contributed by atoms with Gasteiger partial charge in [-0.05, 0) is 6.07 Å². The summed E-state index contributed by atoms with van der Waals surface area (Å²) < 4.78 is 74.1. The molecule has 1 rings (SSSR count). The predicted molar refractivity (Wildman–Crippen MR) is 53.8 cm³/mol. The van der Waals surface area contributed by atoms with Gasteiger partial charge in [-0.3, -0.25) is 0 Å². The van der Waals surface area contributed by atoms with Crippen LogP contribution in [0.25, 0.3) is 0 Å². The van der Waals surface area contributed by atoms with Gasteiger partial charge in [0.05, 0.1) is 19.8 Å². The minimum atomic E-state index is -5.12. The maximum Gasteiger partial charge on any atom is 0.573 e. The molecule has 0 saturated carbocycles. The SMILES string of the molecule is COC(=O)c1nc(OC)c(OC(F)(F)F)cc1C(F)F. The Kier molecular flexibility index (Phi) is 4.69. The standard InChI is InChI=1S/C10H8F5NO4/c1-18-8-5(20-10(13,14)15)3-4(7(11)12)6(16-8)9(17)19-2/h3,7H,1-2H3. The van der Waals surface area contributed by atoms with Gasteiger partial charge in [-0.2, -0.15) is 0 Å². The summed E-state index contributed by atoms with van der Waals surface area (Å²) in [5, 5.41) is 0. The van der Waals surface area contributed by atoms with Crippen molar-refractivity contribution < 1.29 is 41.0 Å². The van der Waals surface area contributed by atoms with Crippen molar-refractivity contribution in [1.29, 1.82) is 0 Å². The first kappa shape index (κ1) is 15.9. The molecular weight excluding hydrogens is 293 g/mol. The van der Waals surface area contributed by atoms with Gasteiger partial charge in [0, 0.05) is 0 Å². The molecular formula is C10H8F5NO4. The van der Waals surface area contributed by atoms with Crippen molar-refractivity contribution in [2.24, 2.45) is 0 Å². The number of esters is 1. The van der Waals surface area contributed by atoms with E-state index in [1.54, 1.807) is 0 Å². The van der Waals surface area contributed by atoms with Crippen LogP contribution in [-0.2, 0) is 4.74 Å². The number of hydrogen-bond acceptors (Lipinski definition) is 5. The number of rotatable bonds is 4. The molecule has 10 heteroatoms. The smallest absolute Gasteiger partial charge is 0.478 e. The zero-order valence-electron chi connectivity index (χ0n) is 10.1. The summed E-state index contributed by atoms with van der Waals surface area (Å²) in [6, 6.07) is 0.330. The van der Waals surface area contributed by atoms with E-state index in [1.807, 2.05) is 0 Å². The van der Waals surface area contributed by atoms with Crippen LogP contribution >= 0.6 is 0 Å². The molecule has 0 N–H and O–H groups in total. The minimum Gasteiger partial charge on any atom is -0.478 e. The number of pyridine rings is 1. The fraction of sp³-hybridized carbons (Fsp3) is 0.400. The van der Waals surface area contributed by atoms with Crippen LogP contribution in [0.1, 0.15) is 22.5 Å². The Morgan fingerprint density at radius 2 is 1.90 bits per heavy atom. The van der Waals surface area contributed by atoms with Crippen LogP contribution in [-0.4, -0.2) is 31.5 Å². The van der Waals surface area contributed by atoms with Crippen LogP contribution in [0.15, 0.2) is 6.07 Å². The van der Waals surface area contributed by atoms with Crippen molar-refractivity contribution in [3.05, 3.63) is 17.3 Å². The Bertz CT molecular complexity index is 503. The van der Waals surface area contributed by atoms with Crippen molar-refractivity contribution in [3.63, 3.8) is 0 Å². The number of hydrogen-bond donors (Lipinski definition) is 0. The van der Waals surface area contributed by atoms with Gasteiger partial charge < -0.3 is 14.2 Å². The van der Waals surface area contributed by atoms with Crippen LogP contribution in [0.3, 0.4) is 0 Å². The van der Waals surface area contributed by atoms with Gasteiger partial charge >= 0.3 is 12.3 Å². The van der Waals surface area contributed by atoms with E-state index < -0.39 is 41.6 Å². The lowest BCUT2D eigenvalue weighted by Crippen LogP contribution is -2.19. The molecule has 0 aliphatic carbocycles. The van der Waals surface area contributed by atoms with Crippen molar-refractivity contribution in [3.8, 4) is 11.6 Å². The summed E-state index contributed by atoms with van der Waals surface area (Å²) in [5.74, 6) is -3.09. The normalized spacial score (nSPS) is 11.4. The van der Waals surface area contributed by atoms with Crippen LogP contribution < -0.4 is 9.47 Å². The van der Waals surface area contributed by atoms with Gasteiger partial charge in [-0.25, -0.2) is 18.6 Å². The molecule has 0 aliphatic heterocycles. The third-order valence-electron chi connectivity index (χ3n) is 2.02. The molecule has 0 aromatic carbocycles. The van der Waals surface area contributed by atoms with E-state index in [9.17, 15) is 26.7 Å². The minimum absolute atomic E-state index is 0.330. The van der Waals surface area contributed by atoms with Crippen molar-refractivity contribution in [1.82, 2.24) is 4.98 Å². The molecule has 0 atom stereocenters. The average molecular weight is 301 g/mol. The number of alkyl halides is 5. The fourth-order valence-electron chi connectivity index (χ4n) is 1.26. The summed E-state index contributed by atoms with van der Waals surface area (Å²) >= 11 is 0. The van der Waals surface area contributed by atoms with E-state index in [-0.39, 0.29) is 0 Å². The topological polar surface area (TPSA) is 57.7 Å². The molecule has 112 valence electrons. The van der Waals surface area contributed by atoms with Gasteiger partial charge in [0.15, 0.2) is 11.4 Å². The number of carbonyl (C=O) groups is 1. The number of nitrogens with zero attached hydrogens (tertiary/aromatic N) is 1. The predicted octanol–water partition coefficient (Wildman–Crippen LogP) is 2.71. The average Bonchev–Trinajstić information content (AvgIpc) is 2.35. The Morgan fingerprint density at radius 3 is 2.30 bits per heavy atom. The van der Waals surface area contributed by atoms with E-state index in [0.29, 0.717) is 6.07 Å². The Labute approximate surface area is 109 Å². The second kappa shape index (κ2) is 5.88. The van der Waals surface area contributed by atoms with Gasteiger partial charge in [0.1, 0.15) is 0 Å². The Hall–Kier alpha value is -2.13. The van der Waals surface area contributed by atoms with Crippen molar-refractivity contribution >= 4 is 5.97 Å². The highest BCUT2D eigenvalue weighted by Gasteiger charge is 2.34. The molecule has 5 nitrogen and oxygen atoms in total. The summed E-state index contributed by atoms with van der Waals surface area (Å²) in [7, 11) is 1.85. The monoisotopic (exact) mass is 301 g/mol. The largest absolute Gasteiger partial charge is 0.573 e.